The molecule has 28 heavy (non-hydrogen) atoms. The van der Waals surface area contributed by atoms with E-state index in [-0.39, 0.29) is 19.6 Å². The van der Waals surface area contributed by atoms with E-state index in [1.807, 2.05) is 0 Å². The Kier molecular flexibility index (Phi) is 10.6. The highest BCUT2D eigenvalue weighted by Crippen LogP contribution is 2.53. The van der Waals surface area contributed by atoms with Crippen LogP contribution in [0.1, 0.15) is 30.6 Å². The maximum atomic E-state index is 13.1. The van der Waals surface area contributed by atoms with Gasteiger partial charge in [0, 0.05) is 17.0 Å². The van der Waals surface area contributed by atoms with Crippen molar-refractivity contribution in [3.63, 3.8) is 0 Å². The van der Waals surface area contributed by atoms with Gasteiger partial charge in [-0.15, -0.1) is 0 Å². The first-order valence-corrected chi connectivity index (χ1v) is 11.3. The Morgan fingerprint density at radius 1 is 1.11 bits per heavy atom. The van der Waals surface area contributed by atoms with Gasteiger partial charge in [-0.05, 0) is 38.1 Å². The molecule has 0 spiro atoms. The van der Waals surface area contributed by atoms with Crippen molar-refractivity contribution in [1.82, 2.24) is 5.32 Å². The first-order valence-electron chi connectivity index (χ1n) is 8.18. The van der Waals surface area contributed by atoms with Crippen LogP contribution in [0, 0.1) is 0 Å². The summed E-state index contributed by atoms with van der Waals surface area (Å²) >= 11 is 22.4. The number of ketones is 1. The minimum absolute atomic E-state index is 0.0355. The molecule has 1 aromatic rings. The normalized spacial score (nSPS) is 13.1. The van der Waals surface area contributed by atoms with Crippen molar-refractivity contribution in [2.75, 3.05) is 19.8 Å². The van der Waals surface area contributed by atoms with Crippen LogP contribution in [0.5, 0.6) is 0 Å². The number of halogens is 4. The largest absolute Gasteiger partial charge is 0.445 e. The molecule has 12 heteroatoms. The number of ether oxygens (including phenoxy) is 1. The fourth-order valence-electron chi connectivity index (χ4n) is 2.07. The lowest BCUT2D eigenvalue weighted by Gasteiger charge is -2.26. The molecule has 0 heterocycles. The highest BCUT2D eigenvalue weighted by atomic mass is 35.6. The summed E-state index contributed by atoms with van der Waals surface area (Å²) in [5, 5.41) is 2.77. The zero-order valence-corrected chi connectivity index (χ0v) is 19.0. The van der Waals surface area contributed by atoms with E-state index in [0.717, 1.165) is 0 Å². The number of Topliss-reactive ketones (excluding diaryl/α,β-unsaturated/α-hetero) is 1. The predicted octanol–water partition coefficient (Wildman–Crippen LogP) is 5.60. The Morgan fingerprint density at radius 2 is 1.64 bits per heavy atom. The molecule has 0 saturated heterocycles. The summed E-state index contributed by atoms with van der Waals surface area (Å²) in [5.41, 5.74) is 0.311. The van der Waals surface area contributed by atoms with Crippen molar-refractivity contribution in [2.24, 2.45) is 0 Å². The van der Waals surface area contributed by atoms with E-state index >= 15 is 0 Å². The van der Waals surface area contributed by atoms with Gasteiger partial charge in [0.2, 0.25) is 3.79 Å². The Bertz CT molecular complexity index is 700. The van der Waals surface area contributed by atoms with E-state index in [1.54, 1.807) is 13.8 Å². The quantitative estimate of drug-likeness (QED) is 0.258. The summed E-state index contributed by atoms with van der Waals surface area (Å²) in [6, 6.07) is 6.10. The van der Waals surface area contributed by atoms with Gasteiger partial charge in [-0.1, -0.05) is 46.4 Å². The van der Waals surface area contributed by atoms with Crippen LogP contribution in [0.3, 0.4) is 0 Å². The van der Waals surface area contributed by atoms with Crippen molar-refractivity contribution in [1.29, 1.82) is 0 Å². The molecule has 0 aliphatic rings. The Balaban J connectivity index is 3.02. The first-order chi connectivity index (χ1) is 13.0. The number of amides is 1. The third-order valence-corrected chi connectivity index (χ3v) is 6.09. The summed E-state index contributed by atoms with van der Waals surface area (Å²) in [4.78, 5) is 24.6. The second-order valence-corrected chi connectivity index (χ2v) is 10.5. The van der Waals surface area contributed by atoms with Crippen molar-refractivity contribution >= 4 is 65.9 Å². The fourth-order valence-corrected chi connectivity index (χ4v) is 4.17. The first kappa shape index (κ1) is 25.5. The number of alkyl halides is 3. The molecule has 0 aliphatic heterocycles. The molecule has 0 saturated carbocycles. The lowest BCUT2D eigenvalue weighted by molar-refractivity contribution is 0.0965. The number of carbonyl (C=O) groups excluding carboxylic acids is 2. The molecule has 1 aromatic carbocycles. The fraction of sp³-hybridized carbons (Fsp3) is 0.500. The van der Waals surface area contributed by atoms with Gasteiger partial charge in [-0.3, -0.25) is 9.36 Å². The molecule has 158 valence electrons. The molecular formula is C16H20Cl4NO6P. The van der Waals surface area contributed by atoms with Gasteiger partial charge < -0.3 is 19.1 Å². The van der Waals surface area contributed by atoms with Gasteiger partial charge in [0.05, 0.1) is 13.2 Å². The van der Waals surface area contributed by atoms with E-state index in [0.29, 0.717) is 10.6 Å². The third kappa shape index (κ3) is 8.87. The van der Waals surface area contributed by atoms with Crippen molar-refractivity contribution < 1.29 is 27.9 Å². The zero-order chi connectivity index (χ0) is 21.4. The maximum Gasteiger partial charge on any atom is 0.408 e. The molecule has 1 N–H and O–H groups in total. The molecule has 0 aromatic heterocycles. The molecule has 7 nitrogen and oxygen atoms in total. The summed E-state index contributed by atoms with van der Waals surface area (Å²) in [5.74, 6) is -1.72. The van der Waals surface area contributed by atoms with Crippen molar-refractivity contribution in [3.8, 4) is 0 Å². The molecule has 0 radical (unpaired) electrons. The molecule has 0 bridgehead atoms. The lowest BCUT2D eigenvalue weighted by Crippen LogP contribution is -2.39. The van der Waals surface area contributed by atoms with E-state index in [4.69, 9.17) is 60.2 Å². The lowest BCUT2D eigenvalue weighted by atomic mass is 10.1. The highest BCUT2D eigenvalue weighted by molar-refractivity contribution is 7.54. The molecule has 0 fully saturated rings. The molecule has 0 aliphatic carbocycles. The SMILES string of the molecule is CCOP(=O)(OCC)[C@@H](CC(=O)c1ccc(Cl)cc1)NC(=O)OCC(Cl)(Cl)Cl. The summed E-state index contributed by atoms with van der Waals surface area (Å²) in [6.45, 7) is 2.73. The van der Waals surface area contributed by atoms with Crippen LogP contribution in [-0.2, 0) is 18.3 Å². The van der Waals surface area contributed by atoms with E-state index < -0.39 is 35.7 Å². The van der Waals surface area contributed by atoms with Crippen LogP contribution in [0.2, 0.25) is 5.02 Å². The molecule has 1 amide bonds. The second-order valence-electron chi connectivity index (χ2n) is 5.36. The highest BCUT2D eigenvalue weighted by Gasteiger charge is 2.39. The van der Waals surface area contributed by atoms with Crippen LogP contribution >= 0.6 is 54.0 Å². The van der Waals surface area contributed by atoms with Crippen LogP contribution in [0.15, 0.2) is 24.3 Å². The second kappa shape index (κ2) is 11.6. The van der Waals surface area contributed by atoms with Gasteiger partial charge in [0.25, 0.3) is 0 Å². The summed E-state index contributed by atoms with van der Waals surface area (Å²) in [6.07, 6.45) is -1.42. The van der Waals surface area contributed by atoms with Gasteiger partial charge >= 0.3 is 13.7 Å². The molecule has 0 unspecified atom stereocenters. The third-order valence-electron chi connectivity index (χ3n) is 3.20. The van der Waals surface area contributed by atoms with Gasteiger partial charge in [-0.2, -0.15) is 0 Å². The van der Waals surface area contributed by atoms with Crippen molar-refractivity contribution in [2.45, 2.75) is 29.8 Å². The standard InChI is InChI=1S/C16H20Cl4NO6P/c1-3-26-28(24,27-4-2)14(21-15(23)25-10-16(18,19)20)9-13(22)11-5-7-12(17)8-6-11/h5-8,14H,3-4,9-10H2,1-2H3,(H,21,23)/t14-/m0/s1. The average Bonchev–Trinajstić information content (AvgIpc) is 2.59. The minimum atomic E-state index is -3.89. The van der Waals surface area contributed by atoms with Crippen LogP contribution in [-0.4, -0.2) is 41.3 Å². The van der Waals surface area contributed by atoms with E-state index in [9.17, 15) is 14.2 Å². The number of rotatable bonds is 10. The van der Waals surface area contributed by atoms with Crippen LogP contribution < -0.4 is 5.32 Å². The van der Waals surface area contributed by atoms with E-state index in [1.165, 1.54) is 24.3 Å². The number of alkyl carbamates (subject to hydrolysis) is 1. The Morgan fingerprint density at radius 3 is 2.11 bits per heavy atom. The van der Waals surface area contributed by atoms with Gasteiger partial charge in [0.15, 0.2) is 5.78 Å². The molecule has 1 atom stereocenters. The number of carbonyl (C=O) groups is 2. The molecule has 1 rings (SSSR count). The number of nitrogens with one attached hydrogen (secondary N) is 1. The Labute approximate surface area is 183 Å². The van der Waals surface area contributed by atoms with Crippen LogP contribution in [0.4, 0.5) is 4.79 Å². The monoisotopic (exact) mass is 493 g/mol. The predicted molar refractivity (Wildman–Crippen MR) is 110 cm³/mol. The van der Waals surface area contributed by atoms with Gasteiger partial charge in [-0.25, -0.2) is 4.79 Å². The van der Waals surface area contributed by atoms with Crippen molar-refractivity contribution in [3.05, 3.63) is 34.9 Å². The maximum absolute atomic E-state index is 13.1. The number of hydrogen-bond acceptors (Lipinski definition) is 6. The van der Waals surface area contributed by atoms with Crippen LogP contribution in [0.25, 0.3) is 0 Å². The summed E-state index contributed by atoms with van der Waals surface area (Å²) in [7, 11) is -3.89. The zero-order valence-electron chi connectivity index (χ0n) is 15.1. The Hall–Kier alpha value is -0.530. The topological polar surface area (TPSA) is 90.9 Å². The smallest absolute Gasteiger partial charge is 0.408 e. The molecular weight excluding hydrogens is 475 g/mol. The number of hydrogen-bond donors (Lipinski definition) is 1. The minimum Gasteiger partial charge on any atom is -0.445 e. The summed E-state index contributed by atoms with van der Waals surface area (Å²) < 4.78 is 26.6. The average molecular weight is 495 g/mol. The van der Waals surface area contributed by atoms with E-state index in [2.05, 4.69) is 5.32 Å². The number of benzene rings is 1. The van der Waals surface area contributed by atoms with Gasteiger partial charge in [0.1, 0.15) is 12.4 Å².